The van der Waals surface area contributed by atoms with Gasteiger partial charge < -0.3 is 15.4 Å². The number of hydrogen-bond acceptors (Lipinski definition) is 4. The number of halogens is 2. The summed E-state index contributed by atoms with van der Waals surface area (Å²) in [6.45, 7) is 6.43. The van der Waals surface area contributed by atoms with Crippen molar-refractivity contribution in [2.75, 3.05) is 26.4 Å². The SMILES string of the molecule is CN=C(NCC(C)Oc1ccc(Cl)cc1)NCC(C)(C)NS(C)(=O)=O.I. The van der Waals surface area contributed by atoms with Crippen LogP contribution in [0.5, 0.6) is 5.75 Å². The summed E-state index contributed by atoms with van der Waals surface area (Å²) in [5.41, 5.74) is -0.642. The monoisotopic (exact) mass is 518 g/mol. The fraction of sp³-hybridized carbons (Fsp3) is 0.562. The van der Waals surface area contributed by atoms with Crippen molar-refractivity contribution in [3.05, 3.63) is 29.3 Å². The van der Waals surface area contributed by atoms with Crippen molar-refractivity contribution in [3.63, 3.8) is 0 Å². The molecular weight excluding hydrogens is 491 g/mol. The lowest BCUT2D eigenvalue weighted by Crippen LogP contribution is -2.53. The number of nitrogens with one attached hydrogen (secondary N) is 3. The molecule has 26 heavy (non-hydrogen) atoms. The maximum atomic E-state index is 11.4. The van der Waals surface area contributed by atoms with Crippen LogP contribution in [-0.2, 0) is 10.0 Å². The van der Waals surface area contributed by atoms with E-state index in [0.717, 1.165) is 12.0 Å². The van der Waals surface area contributed by atoms with E-state index in [9.17, 15) is 8.42 Å². The number of ether oxygens (including phenoxy) is 1. The first-order chi connectivity index (χ1) is 11.5. The van der Waals surface area contributed by atoms with Gasteiger partial charge in [0.05, 0.1) is 12.8 Å². The first-order valence-corrected chi connectivity index (χ1v) is 10.1. The highest BCUT2D eigenvalue weighted by atomic mass is 127. The lowest BCUT2D eigenvalue weighted by atomic mass is 10.1. The molecule has 0 radical (unpaired) electrons. The molecule has 0 spiro atoms. The molecular formula is C16H28ClIN4O3S. The molecule has 7 nitrogen and oxygen atoms in total. The minimum absolute atomic E-state index is 0. The van der Waals surface area contributed by atoms with E-state index in [1.807, 2.05) is 19.1 Å². The predicted molar refractivity (Wildman–Crippen MR) is 118 cm³/mol. The van der Waals surface area contributed by atoms with E-state index in [2.05, 4.69) is 20.3 Å². The lowest BCUT2D eigenvalue weighted by molar-refractivity contribution is 0.224. The highest BCUT2D eigenvalue weighted by Crippen LogP contribution is 2.16. The first-order valence-electron chi connectivity index (χ1n) is 7.86. The quantitative estimate of drug-likeness (QED) is 0.279. The fourth-order valence-electron chi connectivity index (χ4n) is 2.09. The highest BCUT2D eigenvalue weighted by molar-refractivity contribution is 14.0. The van der Waals surface area contributed by atoms with Crippen LogP contribution in [0.3, 0.4) is 0 Å². The molecule has 0 bridgehead atoms. The van der Waals surface area contributed by atoms with Crippen molar-refractivity contribution in [1.29, 1.82) is 0 Å². The largest absolute Gasteiger partial charge is 0.489 e. The van der Waals surface area contributed by atoms with Gasteiger partial charge in [0, 0.05) is 24.2 Å². The Morgan fingerprint density at radius 3 is 2.35 bits per heavy atom. The number of benzene rings is 1. The van der Waals surface area contributed by atoms with Gasteiger partial charge in [0.15, 0.2) is 5.96 Å². The molecule has 1 atom stereocenters. The summed E-state index contributed by atoms with van der Waals surface area (Å²) < 4.78 is 31.1. The summed E-state index contributed by atoms with van der Waals surface area (Å²) in [6.07, 6.45) is 1.04. The molecule has 0 aliphatic carbocycles. The fourth-order valence-corrected chi connectivity index (χ4v) is 3.29. The Labute approximate surface area is 178 Å². The molecule has 10 heteroatoms. The van der Waals surface area contributed by atoms with Gasteiger partial charge in [-0.1, -0.05) is 11.6 Å². The molecule has 0 aliphatic rings. The zero-order valence-electron chi connectivity index (χ0n) is 15.7. The maximum absolute atomic E-state index is 11.4. The number of sulfonamides is 1. The van der Waals surface area contributed by atoms with Crippen LogP contribution in [0.1, 0.15) is 20.8 Å². The average molecular weight is 519 g/mol. The minimum Gasteiger partial charge on any atom is -0.489 e. The van der Waals surface area contributed by atoms with Crippen molar-refractivity contribution >= 4 is 51.6 Å². The molecule has 0 saturated heterocycles. The molecule has 0 aromatic heterocycles. The molecule has 0 heterocycles. The molecule has 3 N–H and O–H groups in total. The van der Waals surface area contributed by atoms with Gasteiger partial charge in [-0.25, -0.2) is 13.1 Å². The van der Waals surface area contributed by atoms with Crippen molar-refractivity contribution < 1.29 is 13.2 Å². The molecule has 0 fully saturated rings. The smallest absolute Gasteiger partial charge is 0.209 e. The van der Waals surface area contributed by atoms with Crippen molar-refractivity contribution in [3.8, 4) is 5.75 Å². The topological polar surface area (TPSA) is 91.8 Å². The van der Waals surface area contributed by atoms with Crippen LogP contribution >= 0.6 is 35.6 Å². The Morgan fingerprint density at radius 1 is 1.27 bits per heavy atom. The van der Waals surface area contributed by atoms with Crippen LogP contribution in [0, 0.1) is 0 Å². The Morgan fingerprint density at radius 2 is 1.85 bits per heavy atom. The standard InChI is InChI=1S/C16H27ClN4O3S.HI/c1-12(24-14-8-6-13(17)7-9-14)10-19-15(18-4)20-11-16(2,3)21-25(5,22)23;/h6-9,12,21H,10-11H2,1-5H3,(H2,18,19,20);1H. The summed E-state index contributed by atoms with van der Waals surface area (Å²) >= 11 is 5.85. The van der Waals surface area contributed by atoms with Crippen LogP contribution in [0.2, 0.25) is 5.02 Å². The number of hydrogen-bond donors (Lipinski definition) is 3. The van der Waals surface area contributed by atoms with E-state index in [0.29, 0.717) is 24.1 Å². The van der Waals surface area contributed by atoms with Crippen molar-refractivity contribution in [1.82, 2.24) is 15.4 Å². The van der Waals surface area contributed by atoms with Gasteiger partial charge in [0.1, 0.15) is 11.9 Å². The number of rotatable bonds is 8. The third-order valence-corrected chi connectivity index (χ3v) is 4.27. The molecule has 0 aliphatic heterocycles. The molecule has 150 valence electrons. The van der Waals surface area contributed by atoms with Gasteiger partial charge in [-0.3, -0.25) is 4.99 Å². The van der Waals surface area contributed by atoms with Crippen LogP contribution < -0.4 is 20.1 Å². The van der Waals surface area contributed by atoms with Gasteiger partial charge >= 0.3 is 0 Å². The van der Waals surface area contributed by atoms with Gasteiger partial charge in [0.25, 0.3) is 0 Å². The van der Waals surface area contributed by atoms with E-state index in [1.165, 1.54) is 0 Å². The zero-order valence-corrected chi connectivity index (χ0v) is 19.6. The van der Waals surface area contributed by atoms with Crippen LogP contribution in [-0.4, -0.2) is 52.4 Å². The van der Waals surface area contributed by atoms with E-state index >= 15 is 0 Å². The number of guanidine groups is 1. The normalized spacial score (nSPS) is 13.5. The third-order valence-electron chi connectivity index (χ3n) is 3.09. The second kappa shape index (κ2) is 11.2. The Bertz CT molecular complexity index is 681. The summed E-state index contributed by atoms with van der Waals surface area (Å²) in [6, 6.07) is 7.17. The van der Waals surface area contributed by atoms with Gasteiger partial charge in [-0.2, -0.15) is 0 Å². The van der Waals surface area contributed by atoms with Crippen LogP contribution in [0.15, 0.2) is 29.3 Å². The van der Waals surface area contributed by atoms with E-state index in [-0.39, 0.29) is 30.1 Å². The summed E-state index contributed by atoms with van der Waals surface area (Å²) in [4.78, 5) is 4.12. The van der Waals surface area contributed by atoms with Crippen LogP contribution in [0.25, 0.3) is 0 Å². The van der Waals surface area contributed by atoms with Gasteiger partial charge in [-0.05, 0) is 45.0 Å². The van der Waals surface area contributed by atoms with E-state index in [1.54, 1.807) is 33.0 Å². The van der Waals surface area contributed by atoms with E-state index in [4.69, 9.17) is 16.3 Å². The average Bonchev–Trinajstić information content (AvgIpc) is 2.47. The summed E-state index contributed by atoms with van der Waals surface area (Å²) in [5, 5.41) is 6.90. The molecule has 1 aromatic carbocycles. The van der Waals surface area contributed by atoms with Crippen molar-refractivity contribution in [2.24, 2.45) is 4.99 Å². The lowest BCUT2D eigenvalue weighted by Gasteiger charge is -2.26. The Kier molecular flexibility index (Phi) is 10.8. The summed E-state index contributed by atoms with van der Waals surface area (Å²) in [7, 11) is -1.63. The molecule has 0 saturated carbocycles. The minimum atomic E-state index is -3.28. The molecule has 1 rings (SSSR count). The van der Waals surface area contributed by atoms with Gasteiger partial charge in [-0.15, -0.1) is 24.0 Å². The maximum Gasteiger partial charge on any atom is 0.209 e. The summed E-state index contributed by atoms with van der Waals surface area (Å²) in [5.74, 6) is 1.30. The molecule has 1 aromatic rings. The third kappa shape index (κ3) is 11.0. The predicted octanol–water partition coefficient (Wildman–Crippen LogP) is 2.22. The number of aliphatic imine (C=N–C) groups is 1. The number of nitrogens with zero attached hydrogens (tertiary/aromatic N) is 1. The first kappa shape index (κ1) is 25.2. The molecule has 0 amide bonds. The second-order valence-corrected chi connectivity index (χ2v) is 8.63. The zero-order chi connectivity index (χ0) is 19.1. The van der Waals surface area contributed by atoms with Crippen LogP contribution in [0.4, 0.5) is 0 Å². The highest BCUT2D eigenvalue weighted by Gasteiger charge is 2.22. The Balaban J connectivity index is 0.00000625. The van der Waals surface area contributed by atoms with Gasteiger partial charge in [0.2, 0.25) is 10.0 Å². The van der Waals surface area contributed by atoms with Crippen molar-refractivity contribution in [2.45, 2.75) is 32.4 Å². The molecule has 1 unspecified atom stereocenters. The Hall–Kier alpha value is -0.780. The van der Waals surface area contributed by atoms with E-state index < -0.39 is 15.6 Å². The second-order valence-electron chi connectivity index (χ2n) is 6.45.